The minimum Gasteiger partial charge on any atom is -0.480 e. The lowest BCUT2D eigenvalue weighted by atomic mass is 10.1. The highest BCUT2D eigenvalue weighted by molar-refractivity contribution is 5.87. The van der Waals surface area contributed by atoms with Crippen LogP contribution in [-0.2, 0) is 14.4 Å². The quantitative estimate of drug-likeness (QED) is 0.623. The van der Waals surface area contributed by atoms with Crippen LogP contribution in [0.2, 0.25) is 0 Å². The first-order valence-electron chi connectivity index (χ1n) is 6.40. The zero-order valence-corrected chi connectivity index (χ0v) is 11.1. The standard InChI is InChI=1S/C12H20N2O5/c1-3-8(11(16)17)13-7(2)10(15)14-6-4-5-9(14)12(18)19/h7-9,13H,3-6H2,1-2H3,(H,16,17)(H,18,19)/t7-,8?,9-/m0/s1. The van der Waals surface area contributed by atoms with E-state index in [2.05, 4.69) is 5.32 Å². The van der Waals surface area contributed by atoms with E-state index in [0.29, 0.717) is 25.8 Å². The molecule has 0 spiro atoms. The van der Waals surface area contributed by atoms with E-state index in [1.54, 1.807) is 13.8 Å². The van der Waals surface area contributed by atoms with E-state index < -0.39 is 30.1 Å². The Hall–Kier alpha value is -1.63. The van der Waals surface area contributed by atoms with Crippen LogP contribution in [0.25, 0.3) is 0 Å². The average Bonchev–Trinajstić information content (AvgIpc) is 2.83. The summed E-state index contributed by atoms with van der Waals surface area (Å²) in [4.78, 5) is 35.4. The van der Waals surface area contributed by atoms with Crippen molar-refractivity contribution in [1.29, 1.82) is 0 Å². The molecule has 7 nitrogen and oxygen atoms in total. The van der Waals surface area contributed by atoms with Gasteiger partial charge in [-0.2, -0.15) is 0 Å². The number of rotatable bonds is 6. The van der Waals surface area contributed by atoms with Gasteiger partial charge in [0.15, 0.2) is 0 Å². The van der Waals surface area contributed by atoms with Gasteiger partial charge in [0.05, 0.1) is 6.04 Å². The second-order valence-corrected chi connectivity index (χ2v) is 4.72. The van der Waals surface area contributed by atoms with Crippen molar-refractivity contribution >= 4 is 17.8 Å². The lowest BCUT2D eigenvalue weighted by Crippen LogP contribution is -2.52. The highest BCUT2D eigenvalue weighted by atomic mass is 16.4. The molecule has 3 atom stereocenters. The summed E-state index contributed by atoms with van der Waals surface area (Å²) < 4.78 is 0. The lowest BCUT2D eigenvalue weighted by Gasteiger charge is -2.26. The Labute approximate surface area is 111 Å². The minimum atomic E-state index is -1.02. The molecule has 1 rings (SSSR count). The Kier molecular flexibility index (Phi) is 5.29. The number of aliphatic carboxylic acids is 2. The van der Waals surface area contributed by atoms with Crippen LogP contribution in [-0.4, -0.2) is 57.6 Å². The number of carboxylic acid groups (broad SMARTS) is 2. The van der Waals surface area contributed by atoms with Crippen molar-refractivity contribution in [2.24, 2.45) is 0 Å². The number of amides is 1. The molecule has 0 bridgehead atoms. The molecule has 1 fully saturated rings. The molecule has 0 aromatic carbocycles. The molecular weight excluding hydrogens is 252 g/mol. The van der Waals surface area contributed by atoms with Crippen molar-refractivity contribution in [2.75, 3.05) is 6.54 Å². The van der Waals surface area contributed by atoms with Gasteiger partial charge >= 0.3 is 11.9 Å². The zero-order valence-electron chi connectivity index (χ0n) is 11.1. The number of carbonyl (C=O) groups is 3. The fourth-order valence-electron chi connectivity index (χ4n) is 2.27. The van der Waals surface area contributed by atoms with E-state index >= 15 is 0 Å². The molecule has 1 amide bonds. The number of hydrogen-bond donors (Lipinski definition) is 3. The SMILES string of the molecule is CCC(N[C@@H](C)C(=O)N1CCC[C@H]1C(=O)O)C(=O)O. The summed E-state index contributed by atoms with van der Waals surface area (Å²) in [6.45, 7) is 3.68. The first-order chi connectivity index (χ1) is 8.88. The Balaban J connectivity index is 2.66. The summed E-state index contributed by atoms with van der Waals surface area (Å²) >= 11 is 0. The highest BCUT2D eigenvalue weighted by Gasteiger charge is 2.36. The van der Waals surface area contributed by atoms with E-state index in [1.807, 2.05) is 0 Å². The highest BCUT2D eigenvalue weighted by Crippen LogP contribution is 2.18. The molecule has 1 unspecified atom stereocenters. The molecule has 0 saturated carbocycles. The topological polar surface area (TPSA) is 107 Å². The molecule has 0 radical (unpaired) electrons. The monoisotopic (exact) mass is 272 g/mol. The normalized spacial score (nSPS) is 22.0. The Morgan fingerprint density at radius 1 is 1.37 bits per heavy atom. The molecule has 0 aromatic heterocycles. The molecule has 19 heavy (non-hydrogen) atoms. The van der Waals surface area contributed by atoms with Crippen LogP contribution < -0.4 is 5.32 Å². The van der Waals surface area contributed by atoms with Crippen LogP contribution in [0, 0.1) is 0 Å². The van der Waals surface area contributed by atoms with E-state index in [9.17, 15) is 14.4 Å². The van der Waals surface area contributed by atoms with Crippen molar-refractivity contribution < 1.29 is 24.6 Å². The van der Waals surface area contributed by atoms with Gasteiger partial charge in [0.2, 0.25) is 5.91 Å². The number of nitrogens with one attached hydrogen (secondary N) is 1. The largest absolute Gasteiger partial charge is 0.480 e. The maximum atomic E-state index is 12.1. The third-order valence-electron chi connectivity index (χ3n) is 3.35. The van der Waals surface area contributed by atoms with Gasteiger partial charge in [0, 0.05) is 6.54 Å². The van der Waals surface area contributed by atoms with E-state index in [1.165, 1.54) is 4.90 Å². The Morgan fingerprint density at radius 2 is 2.00 bits per heavy atom. The summed E-state index contributed by atoms with van der Waals surface area (Å²) in [5.41, 5.74) is 0. The van der Waals surface area contributed by atoms with E-state index in [0.717, 1.165) is 0 Å². The predicted molar refractivity (Wildman–Crippen MR) is 66.7 cm³/mol. The summed E-state index contributed by atoms with van der Waals surface area (Å²) in [5, 5.41) is 20.7. The maximum Gasteiger partial charge on any atom is 0.326 e. The van der Waals surface area contributed by atoms with Gasteiger partial charge in [0.25, 0.3) is 0 Å². The van der Waals surface area contributed by atoms with Gasteiger partial charge in [-0.3, -0.25) is 14.9 Å². The third kappa shape index (κ3) is 3.66. The summed E-state index contributed by atoms with van der Waals surface area (Å²) in [6, 6.07) is -2.30. The first-order valence-corrected chi connectivity index (χ1v) is 6.40. The van der Waals surface area contributed by atoms with Crippen LogP contribution in [0.5, 0.6) is 0 Å². The maximum absolute atomic E-state index is 12.1. The molecule has 7 heteroatoms. The van der Waals surface area contributed by atoms with Gasteiger partial charge in [-0.15, -0.1) is 0 Å². The van der Waals surface area contributed by atoms with Gasteiger partial charge < -0.3 is 15.1 Å². The van der Waals surface area contributed by atoms with Gasteiger partial charge in [-0.1, -0.05) is 6.92 Å². The molecule has 0 aliphatic carbocycles. The second kappa shape index (κ2) is 6.51. The van der Waals surface area contributed by atoms with Crippen molar-refractivity contribution in [3.05, 3.63) is 0 Å². The molecule has 1 aliphatic heterocycles. The third-order valence-corrected chi connectivity index (χ3v) is 3.35. The van der Waals surface area contributed by atoms with Crippen LogP contribution in [0.3, 0.4) is 0 Å². The van der Waals surface area contributed by atoms with Crippen LogP contribution in [0.15, 0.2) is 0 Å². The number of nitrogens with zero attached hydrogens (tertiary/aromatic N) is 1. The fraction of sp³-hybridized carbons (Fsp3) is 0.750. The Bertz CT molecular complexity index is 371. The summed E-state index contributed by atoms with van der Waals surface area (Å²) in [5.74, 6) is -2.38. The van der Waals surface area contributed by atoms with Crippen LogP contribution in [0.1, 0.15) is 33.1 Å². The van der Waals surface area contributed by atoms with Crippen molar-refractivity contribution in [3.63, 3.8) is 0 Å². The number of hydrogen-bond acceptors (Lipinski definition) is 4. The predicted octanol–water partition coefficient (Wildman–Crippen LogP) is -0.0967. The summed E-state index contributed by atoms with van der Waals surface area (Å²) in [6.07, 6.45) is 1.46. The molecule has 1 heterocycles. The number of likely N-dealkylation sites (tertiary alicyclic amines) is 1. The molecule has 1 saturated heterocycles. The van der Waals surface area contributed by atoms with E-state index in [4.69, 9.17) is 10.2 Å². The summed E-state index contributed by atoms with van der Waals surface area (Å²) in [7, 11) is 0. The first kappa shape index (κ1) is 15.4. The Morgan fingerprint density at radius 3 is 2.47 bits per heavy atom. The molecule has 3 N–H and O–H groups in total. The van der Waals surface area contributed by atoms with Crippen LogP contribution >= 0.6 is 0 Å². The lowest BCUT2D eigenvalue weighted by molar-refractivity contribution is -0.149. The van der Waals surface area contributed by atoms with Crippen LogP contribution in [0.4, 0.5) is 0 Å². The molecular formula is C12H20N2O5. The van der Waals surface area contributed by atoms with Crippen molar-refractivity contribution in [1.82, 2.24) is 10.2 Å². The fourth-order valence-corrected chi connectivity index (χ4v) is 2.27. The van der Waals surface area contributed by atoms with Gasteiger partial charge in [0.1, 0.15) is 12.1 Å². The smallest absolute Gasteiger partial charge is 0.326 e. The second-order valence-electron chi connectivity index (χ2n) is 4.72. The average molecular weight is 272 g/mol. The molecule has 108 valence electrons. The minimum absolute atomic E-state index is 0.356. The molecule has 1 aliphatic rings. The number of carbonyl (C=O) groups excluding carboxylic acids is 1. The van der Waals surface area contributed by atoms with Crippen molar-refractivity contribution in [2.45, 2.75) is 51.2 Å². The van der Waals surface area contributed by atoms with Gasteiger partial charge in [-0.25, -0.2) is 4.79 Å². The molecule has 0 aromatic rings. The zero-order chi connectivity index (χ0) is 14.6. The number of carboxylic acids is 2. The van der Waals surface area contributed by atoms with Gasteiger partial charge in [-0.05, 0) is 26.2 Å². The van der Waals surface area contributed by atoms with E-state index in [-0.39, 0.29) is 5.91 Å². The van der Waals surface area contributed by atoms with Crippen molar-refractivity contribution in [3.8, 4) is 0 Å².